The lowest BCUT2D eigenvalue weighted by molar-refractivity contribution is -0.133. The van der Waals surface area contributed by atoms with Crippen LogP contribution in [0, 0.1) is 12.7 Å². The molecular weight excluding hydrogens is 520 g/mol. The summed E-state index contributed by atoms with van der Waals surface area (Å²) < 4.78 is 61.6. The van der Waals surface area contributed by atoms with Crippen LogP contribution >= 0.6 is 7.14 Å². The highest BCUT2D eigenvalue weighted by Crippen LogP contribution is 2.51. The Morgan fingerprint density at radius 1 is 1.24 bits per heavy atom. The first-order chi connectivity index (χ1) is 18.1. The molecule has 0 bridgehead atoms. The third-order valence-electron chi connectivity index (χ3n) is 7.23. The van der Waals surface area contributed by atoms with E-state index in [0.717, 1.165) is 11.6 Å². The van der Waals surface area contributed by atoms with Crippen LogP contribution in [0.2, 0.25) is 0 Å². The maximum absolute atomic E-state index is 14.9. The van der Waals surface area contributed by atoms with Gasteiger partial charge in [-0.1, -0.05) is 18.2 Å². The van der Waals surface area contributed by atoms with E-state index < -0.39 is 43.5 Å². The Morgan fingerprint density at radius 2 is 1.95 bits per heavy atom. The number of nitrogens with zero attached hydrogens (tertiary/aromatic N) is 3. The molecule has 2 aliphatic rings. The normalized spacial score (nSPS) is 17.4. The van der Waals surface area contributed by atoms with Crippen LogP contribution in [0.15, 0.2) is 24.3 Å². The summed E-state index contributed by atoms with van der Waals surface area (Å²) in [5, 5.41) is 13.5. The molecule has 0 unspecified atom stereocenters. The summed E-state index contributed by atoms with van der Waals surface area (Å²) in [6.07, 6.45) is -1.88. The average Bonchev–Trinajstić information content (AvgIpc) is 3.38. The second-order valence-electron chi connectivity index (χ2n) is 9.61. The van der Waals surface area contributed by atoms with Crippen LogP contribution in [0.5, 0.6) is 5.75 Å². The van der Waals surface area contributed by atoms with Gasteiger partial charge in [-0.25, -0.2) is 23.1 Å². The molecule has 0 saturated carbocycles. The van der Waals surface area contributed by atoms with Crippen LogP contribution < -0.4 is 15.4 Å². The van der Waals surface area contributed by atoms with E-state index in [1.807, 2.05) is 0 Å². The topological polar surface area (TPSA) is 105 Å². The molecule has 1 saturated heterocycles. The minimum atomic E-state index is -2.98. The first kappa shape index (κ1) is 26.4. The summed E-state index contributed by atoms with van der Waals surface area (Å²) in [6, 6.07) is 4.95. The van der Waals surface area contributed by atoms with Crippen LogP contribution in [0.25, 0.3) is 10.9 Å². The standard InChI is InChI=1S/C26H28F3N4O4P/c1-14(16-4-3-5-17(22(16)27)25(28)29)30-26-19-12-20(38(36)10-7-33(8-11-38)21(35)13-34)24-18(6-9-37-24)23(19)31-15(2)32-26/h3-5,12,14,25,34H,6-11,13H2,1-2H3,(H,30,31,32)/t14-/m1/s1. The number of benzene rings is 2. The van der Waals surface area contributed by atoms with E-state index in [-0.39, 0.29) is 31.0 Å². The highest BCUT2D eigenvalue weighted by atomic mass is 31.2. The summed E-state index contributed by atoms with van der Waals surface area (Å²) in [4.78, 5) is 22.6. The van der Waals surface area contributed by atoms with Crippen molar-refractivity contribution in [2.45, 2.75) is 32.7 Å². The van der Waals surface area contributed by atoms with E-state index in [0.29, 0.717) is 46.6 Å². The predicted octanol–water partition coefficient (Wildman–Crippen LogP) is 3.95. The van der Waals surface area contributed by atoms with E-state index in [4.69, 9.17) is 4.74 Å². The number of anilines is 1. The summed E-state index contributed by atoms with van der Waals surface area (Å²) >= 11 is 0. The molecule has 3 heterocycles. The number of aryl methyl sites for hydroxylation is 1. The Morgan fingerprint density at radius 3 is 2.63 bits per heavy atom. The van der Waals surface area contributed by atoms with E-state index in [9.17, 15) is 27.6 Å². The predicted molar refractivity (Wildman–Crippen MR) is 138 cm³/mol. The fourth-order valence-electron chi connectivity index (χ4n) is 5.21. The first-order valence-electron chi connectivity index (χ1n) is 12.4. The van der Waals surface area contributed by atoms with Crippen LogP contribution in [0.1, 0.15) is 41.9 Å². The summed E-state index contributed by atoms with van der Waals surface area (Å²) in [5.41, 5.74) is 0.853. The van der Waals surface area contributed by atoms with Gasteiger partial charge in [0, 0.05) is 48.3 Å². The number of halogens is 3. The zero-order valence-electron chi connectivity index (χ0n) is 21.0. The molecule has 0 aliphatic carbocycles. The van der Waals surface area contributed by atoms with Gasteiger partial charge in [0.2, 0.25) is 5.91 Å². The van der Waals surface area contributed by atoms with Gasteiger partial charge in [-0.15, -0.1) is 0 Å². The van der Waals surface area contributed by atoms with Crippen molar-refractivity contribution in [1.29, 1.82) is 0 Å². The number of aliphatic hydroxyl groups is 1. The molecule has 1 fully saturated rings. The highest BCUT2D eigenvalue weighted by molar-refractivity contribution is 7.72. The maximum Gasteiger partial charge on any atom is 0.266 e. The average molecular weight is 549 g/mol. The molecule has 0 radical (unpaired) electrons. The Balaban J connectivity index is 1.57. The molecule has 8 nitrogen and oxygen atoms in total. The number of carbonyl (C=O) groups excluding carboxylic acids is 1. The van der Waals surface area contributed by atoms with Crippen molar-refractivity contribution in [3.05, 3.63) is 52.6 Å². The number of rotatable bonds is 6. The van der Waals surface area contributed by atoms with Crippen molar-refractivity contribution in [2.75, 3.05) is 43.9 Å². The number of carbonyl (C=O) groups is 1. The zero-order valence-corrected chi connectivity index (χ0v) is 21.9. The molecule has 2 aliphatic heterocycles. The van der Waals surface area contributed by atoms with Crippen LogP contribution in [-0.4, -0.2) is 64.5 Å². The Bertz CT molecular complexity index is 1460. The van der Waals surface area contributed by atoms with Crippen molar-refractivity contribution in [3.63, 3.8) is 0 Å². The third-order valence-corrected chi connectivity index (χ3v) is 10.3. The molecule has 5 rings (SSSR count). The van der Waals surface area contributed by atoms with E-state index >= 15 is 0 Å². The van der Waals surface area contributed by atoms with Gasteiger partial charge >= 0.3 is 0 Å². The van der Waals surface area contributed by atoms with E-state index in [2.05, 4.69) is 15.3 Å². The molecular formula is C26H28F3N4O4P. The van der Waals surface area contributed by atoms with Crippen molar-refractivity contribution in [1.82, 2.24) is 14.9 Å². The van der Waals surface area contributed by atoms with E-state index in [1.54, 1.807) is 19.9 Å². The lowest BCUT2D eigenvalue weighted by atomic mass is 10.0. The van der Waals surface area contributed by atoms with Gasteiger partial charge in [-0.2, -0.15) is 0 Å². The number of hydrogen-bond acceptors (Lipinski definition) is 7. The fourth-order valence-corrected chi connectivity index (χ4v) is 7.97. The van der Waals surface area contributed by atoms with Crippen molar-refractivity contribution >= 4 is 35.1 Å². The molecule has 0 spiro atoms. The van der Waals surface area contributed by atoms with Crippen molar-refractivity contribution in [2.24, 2.45) is 0 Å². The van der Waals surface area contributed by atoms with Gasteiger partial charge in [0.15, 0.2) is 0 Å². The SMILES string of the molecule is Cc1nc(N[C@H](C)c2cccc(C(F)F)c2F)c2cc(P3(=O)CCN(C(=O)CO)CC3)c3c(c2n1)CCO3. The molecule has 2 aromatic carbocycles. The van der Waals surface area contributed by atoms with Crippen LogP contribution in [0.4, 0.5) is 19.0 Å². The highest BCUT2D eigenvalue weighted by Gasteiger charge is 2.37. The number of fused-ring (bicyclic) bond motifs is 3. The van der Waals surface area contributed by atoms with Gasteiger partial charge in [0.1, 0.15) is 37.0 Å². The van der Waals surface area contributed by atoms with Gasteiger partial charge in [-0.3, -0.25) is 4.79 Å². The van der Waals surface area contributed by atoms with Gasteiger partial charge < -0.3 is 24.6 Å². The molecule has 38 heavy (non-hydrogen) atoms. The van der Waals surface area contributed by atoms with Gasteiger partial charge in [0.05, 0.1) is 29.0 Å². The number of aromatic nitrogens is 2. The van der Waals surface area contributed by atoms with Crippen molar-refractivity contribution in [3.8, 4) is 5.75 Å². The monoisotopic (exact) mass is 548 g/mol. The Kier molecular flexibility index (Phi) is 7.09. The minimum Gasteiger partial charge on any atom is -0.492 e. The lowest BCUT2D eigenvalue weighted by Crippen LogP contribution is -2.42. The number of nitrogens with one attached hydrogen (secondary N) is 1. The number of hydrogen-bond donors (Lipinski definition) is 2. The van der Waals surface area contributed by atoms with Gasteiger partial charge in [0.25, 0.3) is 6.43 Å². The quantitative estimate of drug-likeness (QED) is 0.450. The summed E-state index contributed by atoms with van der Waals surface area (Å²) in [7, 11) is -2.98. The molecule has 1 atom stereocenters. The second kappa shape index (κ2) is 10.2. The lowest BCUT2D eigenvalue weighted by Gasteiger charge is -2.33. The van der Waals surface area contributed by atoms with Crippen LogP contribution in [0.3, 0.4) is 0 Å². The summed E-state index contributed by atoms with van der Waals surface area (Å²) in [5.74, 6) is 0.0114. The van der Waals surface area contributed by atoms with Crippen molar-refractivity contribution < 1.29 is 32.4 Å². The maximum atomic E-state index is 14.9. The molecule has 12 heteroatoms. The third kappa shape index (κ3) is 4.62. The second-order valence-corrected chi connectivity index (χ2v) is 12.8. The van der Waals surface area contributed by atoms with E-state index in [1.165, 1.54) is 17.0 Å². The summed E-state index contributed by atoms with van der Waals surface area (Å²) in [6.45, 7) is 3.71. The first-order valence-corrected chi connectivity index (χ1v) is 14.5. The number of alkyl halides is 2. The molecule has 1 amide bonds. The minimum absolute atomic E-state index is 0.0747. The smallest absolute Gasteiger partial charge is 0.266 e. The molecule has 202 valence electrons. The van der Waals surface area contributed by atoms with Crippen LogP contribution in [-0.2, 0) is 15.8 Å². The van der Waals surface area contributed by atoms with Gasteiger partial charge in [-0.05, 0) is 19.9 Å². The number of aliphatic hydroxyl groups excluding tert-OH is 1. The fraction of sp³-hybridized carbons (Fsp3) is 0.423. The molecule has 3 aromatic rings. The molecule has 1 aromatic heterocycles. The Hall–Kier alpha value is -3.17. The largest absolute Gasteiger partial charge is 0.492 e. The Labute approximate surface area is 217 Å². The molecule has 2 N–H and O–H groups in total. The number of amides is 1. The zero-order chi connectivity index (χ0) is 27.2. The number of ether oxygens (including phenoxy) is 1.